The molecule has 0 bridgehead atoms. The first-order chi connectivity index (χ1) is 13.7. The van der Waals surface area contributed by atoms with Crippen LogP contribution in [-0.4, -0.2) is 12.0 Å². The maximum atomic E-state index is 12.8. The van der Waals surface area contributed by atoms with Gasteiger partial charge in [-0.3, -0.25) is 0 Å². The molecule has 1 aromatic heterocycles. The van der Waals surface area contributed by atoms with Gasteiger partial charge in [0, 0.05) is 5.69 Å². The van der Waals surface area contributed by atoms with E-state index >= 15 is 0 Å². The highest BCUT2D eigenvalue weighted by atomic mass is 32.1. The molecule has 10 heteroatoms. The third-order valence-electron chi connectivity index (χ3n) is 3.65. The average molecular weight is 422 g/mol. The summed E-state index contributed by atoms with van der Waals surface area (Å²) in [6.45, 7) is 0. The molecular formula is C19H13F3N2O4S. The van der Waals surface area contributed by atoms with Crippen molar-refractivity contribution in [3.05, 3.63) is 78.3 Å². The van der Waals surface area contributed by atoms with Crippen LogP contribution in [0, 0.1) is 0 Å². The number of hydrogen-bond acceptors (Lipinski definition) is 5. The van der Waals surface area contributed by atoms with Gasteiger partial charge in [-0.05, 0) is 54.6 Å². The summed E-state index contributed by atoms with van der Waals surface area (Å²) in [5, 5.41) is 2.33. The summed E-state index contributed by atoms with van der Waals surface area (Å²) in [4.78, 5) is 24.1. The van der Waals surface area contributed by atoms with Crippen molar-refractivity contribution in [3.8, 4) is 5.75 Å². The van der Waals surface area contributed by atoms with Crippen LogP contribution in [0.15, 0.2) is 71.3 Å². The van der Waals surface area contributed by atoms with Gasteiger partial charge in [-0.2, -0.15) is 13.2 Å². The number of benzene rings is 2. The average Bonchev–Trinajstić information content (AvgIpc) is 3.22. The van der Waals surface area contributed by atoms with E-state index in [4.69, 9.17) is 9.15 Å². The molecular weight excluding hydrogens is 409 g/mol. The van der Waals surface area contributed by atoms with Gasteiger partial charge < -0.3 is 14.5 Å². The molecule has 2 amide bonds. The van der Waals surface area contributed by atoms with E-state index in [0.717, 1.165) is 16.4 Å². The van der Waals surface area contributed by atoms with Crippen molar-refractivity contribution < 1.29 is 31.9 Å². The van der Waals surface area contributed by atoms with Crippen molar-refractivity contribution >= 4 is 36.2 Å². The van der Waals surface area contributed by atoms with E-state index in [9.17, 15) is 22.8 Å². The number of halogens is 3. The lowest BCUT2D eigenvalue weighted by molar-refractivity contribution is -0.137. The second-order valence-electron chi connectivity index (χ2n) is 5.68. The highest BCUT2D eigenvalue weighted by molar-refractivity contribution is 7.82. The summed E-state index contributed by atoms with van der Waals surface area (Å²) < 4.78 is 49.2. The fraction of sp³-hybridized carbons (Fsp3) is 0.0526. The van der Waals surface area contributed by atoms with E-state index in [1.807, 2.05) is 0 Å². The molecule has 0 spiro atoms. The summed E-state index contributed by atoms with van der Waals surface area (Å²) in [5.41, 5.74) is -0.618. The molecule has 6 nitrogen and oxygen atoms in total. The number of carbonyl (C=O) groups excluding carboxylic acids is 2. The minimum absolute atomic E-state index is 0.0327. The number of carbonyl (C=O) groups is 2. The Morgan fingerprint density at radius 1 is 1.03 bits per heavy atom. The zero-order valence-corrected chi connectivity index (χ0v) is 15.4. The smallest absolute Gasteiger partial charge is 0.416 e. The summed E-state index contributed by atoms with van der Waals surface area (Å²) in [6.07, 6.45) is -3.19. The predicted octanol–water partition coefficient (Wildman–Crippen LogP) is 5.40. The van der Waals surface area contributed by atoms with E-state index in [2.05, 4.69) is 18.1 Å². The Morgan fingerprint density at radius 3 is 2.38 bits per heavy atom. The normalized spacial score (nSPS) is 11.0. The molecule has 150 valence electrons. The van der Waals surface area contributed by atoms with Crippen LogP contribution in [0.3, 0.4) is 0 Å². The monoisotopic (exact) mass is 422 g/mol. The number of alkyl halides is 3. The number of anilines is 2. The van der Waals surface area contributed by atoms with Crippen LogP contribution < -0.4 is 14.4 Å². The van der Waals surface area contributed by atoms with Crippen LogP contribution in [-0.2, 0) is 6.18 Å². The van der Waals surface area contributed by atoms with E-state index in [1.54, 1.807) is 6.07 Å². The largest absolute Gasteiger partial charge is 0.457 e. The predicted molar refractivity (Wildman–Crippen MR) is 102 cm³/mol. The number of esters is 1. The molecule has 0 unspecified atom stereocenters. The zero-order chi connectivity index (χ0) is 21.0. The minimum Gasteiger partial charge on any atom is -0.457 e. The van der Waals surface area contributed by atoms with Crippen LogP contribution in [0.5, 0.6) is 5.75 Å². The number of nitrogens with zero attached hydrogens (tertiary/aromatic N) is 1. The molecule has 0 saturated carbocycles. The molecule has 0 radical (unpaired) electrons. The summed E-state index contributed by atoms with van der Waals surface area (Å²) >= 11 is 4.06. The molecule has 0 aliphatic rings. The van der Waals surface area contributed by atoms with Crippen LogP contribution in [0.1, 0.15) is 16.1 Å². The Labute approximate surface area is 168 Å². The zero-order valence-electron chi connectivity index (χ0n) is 14.5. The molecule has 0 aliphatic heterocycles. The topological polar surface area (TPSA) is 71.8 Å². The minimum atomic E-state index is -4.52. The van der Waals surface area contributed by atoms with Crippen molar-refractivity contribution in [2.45, 2.75) is 6.18 Å². The van der Waals surface area contributed by atoms with E-state index in [0.29, 0.717) is 5.69 Å². The standard InChI is InChI=1S/C19H13F3N2O4S/c20-19(21,22)12-3-1-4-13(11-12)23-18(26)24(29)14-6-8-15(9-7-14)28-17(25)16-5-2-10-27-16/h1-11,29H,(H,23,26). The van der Waals surface area contributed by atoms with E-state index < -0.39 is 23.7 Å². The second kappa shape index (κ2) is 8.31. The number of amides is 2. The number of rotatable bonds is 4. The van der Waals surface area contributed by atoms with Gasteiger partial charge in [-0.25, -0.2) is 13.9 Å². The third kappa shape index (κ3) is 5.11. The Morgan fingerprint density at radius 2 is 1.76 bits per heavy atom. The Kier molecular flexibility index (Phi) is 5.83. The fourth-order valence-electron chi connectivity index (χ4n) is 2.27. The van der Waals surface area contributed by atoms with E-state index in [1.165, 1.54) is 48.7 Å². The molecule has 1 N–H and O–H groups in total. The molecule has 3 rings (SSSR count). The molecule has 0 saturated heterocycles. The summed E-state index contributed by atoms with van der Waals surface area (Å²) in [6, 6.07) is 12.2. The molecule has 2 aromatic carbocycles. The number of ether oxygens (including phenoxy) is 1. The number of nitrogens with one attached hydrogen (secondary N) is 1. The first-order valence-electron chi connectivity index (χ1n) is 8.07. The Hall–Kier alpha value is -3.40. The highest BCUT2D eigenvalue weighted by Gasteiger charge is 2.30. The van der Waals surface area contributed by atoms with Crippen LogP contribution in [0.25, 0.3) is 0 Å². The van der Waals surface area contributed by atoms with Crippen molar-refractivity contribution in [1.29, 1.82) is 0 Å². The van der Waals surface area contributed by atoms with Gasteiger partial charge in [0.15, 0.2) is 0 Å². The van der Waals surface area contributed by atoms with E-state index in [-0.39, 0.29) is 17.2 Å². The second-order valence-corrected chi connectivity index (χ2v) is 6.08. The third-order valence-corrected chi connectivity index (χ3v) is 4.06. The molecule has 0 aliphatic carbocycles. The van der Waals surface area contributed by atoms with Crippen molar-refractivity contribution in [2.75, 3.05) is 9.62 Å². The van der Waals surface area contributed by atoms with Gasteiger partial charge in [0.1, 0.15) is 5.75 Å². The Bertz CT molecular complexity index is 1010. The number of hydrogen-bond donors (Lipinski definition) is 2. The number of furan rings is 1. The van der Waals surface area contributed by atoms with Gasteiger partial charge in [0.05, 0.1) is 17.5 Å². The fourth-order valence-corrected chi connectivity index (χ4v) is 2.46. The van der Waals surface area contributed by atoms with Crippen LogP contribution in [0.4, 0.5) is 29.3 Å². The van der Waals surface area contributed by atoms with Gasteiger partial charge in [-0.1, -0.05) is 18.9 Å². The van der Waals surface area contributed by atoms with Crippen molar-refractivity contribution in [2.24, 2.45) is 0 Å². The molecule has 29 heavy (non-hydrogen) atoms. The highest BCUT2D eigenvalue weighted by Crippen LogP contribution is 2.31. The van der Waals surface area contributed by atoms with Crippen molar-refractivity contribution in [3.63, 3.8) is 0 Å². The molecule has 0 atom stereocenters. The number of thiol groups is 1. The Balaban J connectivity index is 1.65. The summed E-state index contributed by atoms with van der Waals surface area (Å²) in [5.74, 6) is -0.451. The molecule has 3 aromatic rings. The van der Waals surface area contributed by atoms with Crippen LogP contribution in [0.2, 0.25) is 0 Å². The lowest BCUT2D eigenvalue weighted by Gasteiger charge is -2.17. The first-order valence-corrected chi connectivity index (χ1v) is 8.47. The lowest BCUT2D eigenvalue weighted by atomic mass is 10.2. The number of urea groups is 1. The van der Waals surface area contributed by atoms with Gasteiger partial charge >= 0.3 is 18.2 Å². The van der Waals surface area contributed by atoms with Gasteiger partial charge in [0.2, 0.25) is 5.76 Å². The molecule has 0 fully saturated rings. The van der Waals surface area contributed by atoms with Gasteiger partial charge in [0.25, 0.3) is 0 Å². The SMILES string of the molecule is O=C(Oc1ccc(N(S)C(=O)Nc2cccc(C(F)(F)F)c2)cc1)c1ccco1. The van der Waals surface area contributed by atoms with Gasteiger partial charge in [-0.15, -0.1) is 0 Å². The van der Waals surface area contributed by atoms with Crippen LogP contribution >= 0.6 is 12.8 Å². The summed E-state index contributed by atoms with van der Waals surface area (Å²) in [7, 11) is 0. The molecule has 1 heterocycles. The lowest BCUT2D eigenvalue weighted by Crippen LogP contribution is -2.26. The first kappa shape index (κ1) is 20.3. The maximum absolute atomic E-state index is 12.8. The quantitative estimate of drug-likeness (QED) is 0.336. The maximum Gasteiger partial charge on any atom is 0.416 e. The van der Waals surface area contributed by atoms with Crippen molar-refractivity contribution in [1.82, 2.24) is 0 Å².